The second-order valence-corrected chi connectivity index (χ2v) is 8.45. The molecule has 3 rings (SSSR count). The van der Waals surface area contributed by atoms with Gasteiger partial charge in [-0.1, -0.05) is 50.2 Å². The number of amidine groups is 1. The van der Waals surface area contributed by atoms with Gasteiger partial charge >= 0.3 is 0 Å². The van der Waals surface area contributed by atoms with Crippen molar-refractivity contribution in [3.63, 3.8) is 0 Å². The van der Waals surface area contributed by atoms with E-state index >= 15 is 0 Å². The van der Waals surface area contributed by atoms with Crippen LogP contribution < -0.4 is 5.32 Å². The number of hydrogen-bond donors (Lipinski definition) is 1. The van der Waals surface area contributed by atoms with Gasteiger partial charge in [-0.3, -0.25) is 4.79 Å². The number of nitrogens with one attached hydrogen (secondary N) is 1. The Hall–Kier alpha value is -2.73. The summed E-state index contributed by atoms with van der Waals surface area (Å²) in [5.41, 5.74) is 3.49. The summed E-state index contributed by atoms with van der Waals surface area (Å²) < 4.78 is 29.2. The summed E-state index contributed by atoms with van der Waals surface area (Å²) in [7, 11) is -3.78. The van der Waals surface area contributed by atoms with Crippen LogP contribution in [0.25, 0.3) is 4.91 Å². The van der Waals surface area contributed by atoms with Crippen molar-refractivity contribution in [3.05, 3.63) is 70.8 Å². The van der Waals surface area contributed by atoms with Gasteiger partial charge in [-0.15, -0.1) is 4.40 Å². The lowest BCUT2D eigenvalue weighted by molar-refractivity contribution is 0.101. The van der Waals surface area contributed by atoms with E-state index in [-0.39, 0.29) is 16.5 Å². The molecular formula is C21H22N2O3S. The standard InChI is InChI=1S/C21H22N2O3S/c1-13(2)16-8-10-17(11-9-16)20-14(3)21(23-27(20,25)26)22-19-7-5-6-18(12-19)15(4)24/h5-13H,1-4H3,(H,22,23). The summed E-state index contributed by atoms with van der Waals surface area (Å²) >= 11 is 0. The second-order valence-electron chi connectivity index (χ2n) is 6.91. The third-order valence-corrected chi connectivity index (χ3v) is 6.02. The van der Waals surface area contributed by atoms with Crippen LogP contribution in [0.4, 0.5) is 5.69 Å². The molecule has 5 nitrogen and oxygen atoms in total. The number of carbonyl (C=O) groups is 1. The van der Waals surface area contributed by atoms with E-state index in [1.54, 1.807) is 31.2 Å². The number of carbonyl (C=O) groups excluding carboxylic acids is 1. The zero-order valence-electron chi connectivity index (χ0n) is 15.8. The largest absolute Gasteiger partial charge is 0.339 e. The predicted molar refractivity (Wildman–Crippen MR) is 110 cm³/mol. The number of anilines is 1. The van der Waals surface area contributed by atoms with Gasteiger partial charge in [0.1, 0.15) is 10.7 Å². The van der Waals surface area contributed by atoms with Crippen molar-refractivity contribution < 1.29 is 13.2 Å². The fraction of sp³-hybridized carbons (Fsp3) is 0.238. The van der Waals surface area contributed by atoms with E-state index in [9.17, 15) is 13.2 Å². The Balaban J connectivity index is 1.96. The maximum absolute atomic E-state index is 12.6. The van der Waals surface area contributed by atoms with Gasteiger partial charge in [0.05, 0.1) is 0 Å². The molecule has 1 aliphatic heterocycles. The first-order chi connectivity index (χ1) is 12.7. The zero-order chi connectivity index (χ0) is 19.8. The number of benzene rings is 2. The lowest BCUT2D eigenvalue weighted by Crippen LogP contribution is -2.11. The quantitative estimate of drug-likeness (QED) is 0.784. The van der Waals surface area contributed by atoms with Gasteiger partial charge in [-0.05, 0) is 43.0 Å². The van der Waals surface area contributed by atoms with E-state index in [2.05, 4.69) is 23.6 Å². The molecule has 27 heavy (non-hydrogen) atoms. The Morgan fingerprint density at radius 3 is 2.33 bits per heavy atom. The molecular weight excluding hydrogens is 360 g/mol. The van der Waals surface area contributed by atoms with Crippen molar-refractivity contribution in [3.8, 4) is 0 Å². The Labute approximate surface area is 159 Å². The van der Waals surface area contributed by atoms with Gasteiger partial charge in [0.25, 0.3) is 10.0 Å². The first-order valence-electron chi connectivity index (χ1n) is 8.73. The number of hydrogen-bond acceptors (Lipinski definition) is 4. The third-order valence-electron chi connectivity index (χ3n) is 4.54. The van der Waals surface area contributed by atoms with Crippen molar-refractivity contribution in [2.24, 2.45) is 4.40 Å². The highest BCUT2D eigenvalue weighted by atomic mass is 32.2. The van der Waals surface area contributed by atoms with Gasteiger partial charge in [-0.25, -0.2) is 0 Å². The lowest BCUT2D eigenvalue weighted by Gasteiger charge is -2.09. The molecule has 2 aromatic rings. The molecule has 6 heteroatoms. The summed E-state index contributed by atoms with van der Waals surface area (Å²) in [6, 6.07) is 14.4. The number of sulfonamides is 1. The van der Waals surface area contributed by atoms with Gasteiger partial charge in [0.15, 0.2) is 5.78 Å². The number of ketones is 1. The summed E-state index contributed by atoms with van der Waals surface area (Å²) in [5.74, 6) is 0.591. The van der Waals surface area contributed by atoms with Crippen molar-refractivity contribution in [2.75, 3.05) is 5.32 Å². The third kappa shape index (κ3) is 3.85. The molecule has 2 aromatic carbocycles. The molecule has 0 atom stereocenters. The van der Waals surface area contributed by atoms with E-state index < -0.39 is 10.0 Å². The Kier molecular flexibility index (Phi) is 5.02. The van der Waals surface area contributed by atoms with Crippen LogP contribution >= 0.6 is 0 Å². The number of Topliss-reactive ketones (excluding diaryl/α,β-unsaturated/α-hetero) is 1. The number of rotatable bonds is 4. The van der Waals surface area contributed by atoms with E-state index in [4.69, 9.17) is 0 Å². The molecule has 0 fully saturated rings. The van der Waals surface area contributed by atoms with Crippen molar-refractivity contribution in [1.29, 1.82) is 0 Å². The molecule has 0 aliphatic carbocycles. The van der Waals surface area contributed by atoms with Crippen molar-refractivity contribution in [1.82, 2.24) is 0 Å². The summed E-state index contributed by atoms with van der Waals surface area (Å²) in [5, 5.41) is 3.03. The van der Waals surface area contributed by atoms with Crippen LogP contribution in [0.3, 0.4) is 0 Å². The minimum atomic E-state index is -3.78. The average Bonchev–Trinajstić information content (AvgIpc) is 2.83. The van der Waals surface area contributed by atoms with E-state index in [0.717, 1.165) is 5.56 Å². The second kappa shape index (κ2) is 7.12. The molecule has 0 saturated carbocycles. The highest BCUT2D eigenvalue weighted by Crippen LogP contribution is 2.33. The molecule has 0 unspecified atom stereocenters. The van der Waals surface area contributed by atoms with Crippen LogP contribution in [0.2, 0.25) is 0 Å². The van der Waals surface area contributed by atoms with Gasteiger partial charge in [0.2, 0.25) is 0 Å². The fourth-order valence-corrected chi connectivity index (χ4v) is 4.42. The molecule has 0 aromatic heterocycles. The van der Waals surface area contributed by atoms with Crippen LogP contribution in [-0.4, -0.2) is 20.0 Å². The monoisotopic (exact) mass is 382 g/mol. The van der Waals surface area contributed by atoms with Gasteiger partial charge < -0.3 is 5.32 Å². The summed E-state index contributed by atoms with van der Waals surface area (Å²) in [6.07, 6.45) is 0. The highest BCUT2D eigenvalue weighted by molar-refractivity contribution is 8.00. The SMILES string of the molecule is CC(=O)c1cccc(NC2=NS(=O)(=O)C(c3ccc(C(C)C)cc3)=C2C)c1. The van der Waals surface area contributed by atoms with Gasteiger partial charge in [0, 0.05) is 16.8 Å². The van der Waals surface area contributed by atoms with E-state index in [0.29, 0.717) is 28.3 Å². The van der Waals surface area contributed by atoms with Crippen molar-refractivity contribution >= 4 is 32.2 Å². The minimum absolute atomic E-state index is 0.0576. The molecule has 0 spiro atoms. The maximum atomic E-state index is 12.6. The Morgan fingerprint density at radius 1 is 1.07 bits per heavy atom. The Bertz CT molecular complexity index is 1060. The zero-order valence-corrected chi connectivity index (χ0v) is 16.6. The molecule has 0 saturated heterocycles. The fourth-order valence-electron chi connectivity index (χ4n) is 2.99. The van der Waals surface area contributed by atoms with Crippen LogP contribution in [0, 0.1) is 0 Å². The first-order valence-corrected chi connectivity index (χ1v) is 10.2. The maximum Gasteiger partial charge on any atom is 0.285 e. The first kappa shape index (κ1) is 19.0. The summed E-state index contributed by atoms with van der Waals surface area (Å²) in [4.78, 5) is 11.8. The smallest absolute Gasteiger partial charge is 0.285 e. The van der Waals surface area contributed by atoms with E-state index in [1.165, 1.54) is 6.92 Å². The predicted octanol–water partition coefficient (Wildman–Crippen LogP) is 4.60. The molecule has 1 heterocycles. The molecule has 1 N–H and O–H groups in total. The molecule has 0 bridgehead atoms. The van der Waals surface area contributed by atoms with Crippen LogP contribution in [0.1, 0.15) is 55.1 Å². The van der Waals surface area contributed by atoms with Gasteiger partial charge in [-0.2, -0.15) is 8.42 Å². The number of nitrogens with zero attached hydrogens (tertiary/aromatic N) is 1. The van der Waals surface area contributed by atoms with E-state index in [1.807, 2.05) is 24.3 Å². The summed E-state index contributed by atoms with van der Waals surface area (Å²) in [6.45, 7) is 7.40. The topological polar surface area (TPSA) is 75.6 Å². The van der Waals surface area contributed by atoms with Crippen LogP contribution in [-0.2, 0) is 10.0 Å². The normalized spacial score (nSPS) is 15.8. The highest BCUT2D eigenvalue weighted by Gasteiger charge is 2.31. The van der Waals surface area contributed by atoms with Crippen molar-refractivity contribution in [2.45, 2.75) is 33.6 Å². The average molecular weight is 382 g/mol. The minimum Gasteiger partial charge on any atom is -0.339 e. The molecule has 1 aliphatic rings. The molecule has 140 valence electrons. The van der Waals surface area contributed by atoms with Crippen LogP contribution in [0.15, 0.2) is 58.5 Å². The lowest BCUT2D eigenvalue weighted by atomic mass is 10.0. The van der Waals surface area contributed by atoms with Crippen LogP contribution in [0.5, 0.6) is 0 Å². The molecule has 0 amide bonds. The Morgan fingerprint density at radius 2 is 1.74 bits per heavy atom. The molecule has 0 radical (unpaired) electrons.